The number of fused-ring (bicyclic) bond motifs is 7. The summed E-state index contributed by atoms with van der Waals surface area (Å²) < 4.78 is 4.48. The molecule has 0 saturated carbocycles. The predicted molar refractivity (Wildman–Crippen MR) is 238 cm³/mol. The van der Waals surface area contributed by atoms with Crippen LogP contribution in [0.2, 0.25) is 0 Å². The van der Waals surface area contributed by atoms with E-state index < -0.39 is 0 Å². The molecule has 6 aromatic carbocycles. The van der Waals surface area contributed by atoms with E-state index >= 15 is 0 Å². The summed E-state index contributed by atoms with van der Waals surface area (Å²) in [6.45, 7) is 0. The Morgan fingerprint density at radius 2 is 1.18 bits per heavy atom. The number of rotatable bonds is 6. The van der Waals surface area contributed by atoms with Gasteiger partial charge in [-0.1, -0.05) is 95.9 Å². The van der Waals surface area contributed by atoms with E-state index in [9.17, 15) is 0 Å². The molecule has 0 N–H and O–H groups in total. The van der Waals surface area contributed by atoms with Gasteiger partial charge in [0.05, 0.1) is 11.0 Å². The molecular weight excluding hydrogens is 918 g/mol. The largest absolute Gasteiger partial charge is 2.00 e. The monoisotopic (exact) mass is 948 g/mol. The van der Waals surface area contributed by atoms with Gasteiger partial charge in [0.2, 0.25) is 0 Å². The van der Waals surface area contributed by atoms with E-state index in [0.717, 1.165) is 111 Å². The molecule has 0 aliphatic carbocycles. The Balaban J connectivity index is 0.00000408. The molecule has 6 heterocycles. The van der Waals surface area contributed by atoms with Crippen LogP contribution in [0.3, 0.4) is 0 Å². The summed E-state index contributed by atoms with van der Waals surface area (Å²) in [6, 6.07) is 58.9. The average molecular weight is 949 g/mol. The molecule has 0 atom stereocenters. The minimum atomic E-state index is 0. The van der Waals surface area contributed by atoms with Crippen molar-refractivity contribution in [1.82, 2.24) is 34.1 Å². The van der Waals surface area contributed by atoms with Crippen LogP contribution in [-0.4, -0.2) is 29.1 Å². The van der Waals surface area contributed by atoms with Crippen molar-refractivity contribution in [3.63, 3.8) is 0 Å². The first-order valence-electron chi connectivity index (χ1n) is 19.6. The zero-order chi connectivity index (χ0) is 38.9. The van der Waals surface area contributed by atoms with Gasteiger partial charge >= 0.3 is 21.1 Å². The molecule has 7 nitrogen and oxygen atoms in total. The minimum absolute atomic E-state index is 0. The molecule has 0 aliphatic rings. The molecule has 0 amide bonds. The summed E-state index contributed by atoms with van der Waals surface area (Å²) in [7, 11) is 0. The number of imidazole rings is 1. The fraction of sp³-hybridized carbons (Fsp3) is 0. The maximum atomic E-state index is 5.56. The van der Waals surface area contributed by atoms with Crippen molar-refractivity contribution in [1.29, 1.82) is 0 Å². The van der Waals surface area contributed by atoms with E-state index in [1.165, 1.54) is 0 Å². The summed E-state index contributed by atoms with van der Waals surface area (Å²) in [5.41, 5.74) is 14.2. The Bertz CT molecular complexity index is 3540. The van der Waals surface area contributed by atoms with Gasteiger partial charge in [-0.15, -0.1) is 34.8 Å². The van der Waals surface area contributed by atoms with Crippen molar-refractivity contribution in [2.45, 2.75) is 0 Å². The Morgan fingerprint density at radius 1 is 0.483 bits per heavy atom. The third-order valence-electron chi connectivity index (χ3n) is 11.4. The number of para-hydroxylation sites is 3. The summed E-state index contributed by atoms with van der Waals surface area (Å²) in [6.07, 6.45) is 9.16. The van der Waals surface area contributed by atoms with Crippen LogP contribution in [0.1, 0.15) is 0 Å². The van der Waals surface area contributed by atoms with Crippen LogP contribution in [0.5, 0.6) is 0 Å². The van der Waals surface area contributed by atoms with Crippen LogP contribution in [-0.2, 0) is 21.1 Å². The van der Waals surface area contributed by atoms with Crippen molar-refractivity contribution in [3.8, 4) is 56.3 Å². The molecule has 0 unspecified atom stereocenters. The van der Waals surface area contributed by atoms with Crippen LogP contribution in [0.15, 0.2) is 189 Å². The van der Waals surface area contributed by atoms with Gasteiger partial charge in [0, 0.05) is 47.8 Å². The van der Waals surface area contributed by atoms with Crippen LogP contribution in [0.25, 0.3) is 111 Å². The Morgan fingerprint density at radius 3 is 1.98 bits per heavy atom. The van der Waals surface area contributed by atoms with Gasteiger partial charge in [0.15, 0.2) is 0 Å². The van der Waals surface area contributed by atoms with Crippen LogP contribution in [0, 0.1) is 6.07 Å². The van der Waals surface area contributed by atoms with Crippen LogP contribution in [0.4, 0.5) is 0 Å². The van der Waals surface area contributed by atoms with Crippen molar-refractivity contribution in [2.24, 2.45) is 0 Å². The molecule has 0 aliphatic heterocycles. The molecule has 284 valence electrons. The third kappa shape index (κ3) is 5.69. The Labute approximate surface area is 358 Å². The SMILES string of the molecule is [Pt+2].[c-]1c(-c2cccc3c2nc(-c2cccc4c2[n-]c2ccccc24)n3-c2ccc(-c3ccncc3)cc2)ccc2c3cc(-c4ccncc4)ccc3n(-c3ccccn3)c12. The van der Waals surface area contributed by atoms with Gasteiger partial charge in [0.1, 0.15) is 11.6 Å². The van der Waals surface area contributed by atoms with Crippen molar-refractivity contribution >= 4 is 54.6 Å². The molecule has 0 spiro atoms. The van der Waals surface area contributed by atoms with Crippen molar-refractivity contribution < 1.29 is 21.1 Å². The van der Waals surface area contributed by atoms with Crippen molar-refractivity contribution in [2.75, 3.05) is 0 Å². The zero-order valence-corrected chi connectivity index (χ0v) is 34.1. The number of hydrogen-bond acceptors (Lipinski definition) is 4. The van der Waals surface area contributed by atoms with Gasteiger partial charge < -0.3 is 9.55 Å². The van der Waals surface area contributed by atoms with Crippen LogP contribution >= 0.6 is 0 Å². The second kappa shape index (κ2) is 14.4. The van der Waals surface area contributed by atoms with Gasteiger partial charge in [0.25, 0.3) is 0 Å². The number of aromatic nitrogens is 7. The smallest absolute Gasteiger partial charge is 0.656 e. The Kier molecular flexibility index (Phi) is 8.57. The molecular formula is C52H31N7Pt. The number of nitrogens with zero attached hydrogens (tertiary/aromatic N) is 7. The van der Waals surface area contributed by atoms with Gasteiger partial charge in [-0.2, -0.15) is 0 Å². The van der Waals surface area contributed by atoms with Crippen molar-refractivity contribution in [3.05, 3.63) is 195 Å². The summed E-state index contributed by atoms with van der Waals surface area (Å²) in [5, 5.41) is 4.47. The Hall–Kier alpha value is -7.47. The number of hydrogen-bond donors (Lipinski definition) is 0. The average Bonchev–Trinajstić information content (AvgIpc) is 3.99. The minimum Gasteiger partial charge on any atom is -0.656 e. The standard InChI is InChI=1S/C52H31N7.Pt/c1-2-11-45-40(7-1)42-9-5-10-43(50(42)56-45)52-57-51-39(8-6-12-47(51)58(52)38-18-14-33(15-19-38)34-22-27-53-28-23-34)37-16-20-41-44-31-36(35-24-29-54-30-25-35)17-21-46(44)59(48(41)32-37)49-13-3-4-26-55-49;/h1-31H;/q-2;+2. The normalized spacial score (nSPS) is 11.5. The molecule has 6 aromatic heterocycles. The van der Waals surface area contributed by atoms with E-state index in [0.29, 0.717) is 0 Å². The van der Waals surface area contributed by atoms with Crippen LogP contribution < -0.4 is 4.98 Å². The number of benzene rings is 6. The van der Waals surface area contributed by atoms with Gasteiger partial charge in [-0.25, -0.2) is 9.97 Å². The second-order valence-electron chi connectivity index (χ2n) is 14.7. The van der Waals surface area contributed by atoms with E-state index in [1.807, 2.05) is 79.5 Å². The fourth-order valence-corrected chi connectivity index (χ4v) is 8.64. The van der Waals surface area contributed by atoms with E-state index in [1.54, 1.807) is 0 Å². The molecule has 8 heteroatoms. The first-order valence-corrected chi connectivity index (χ1v) is 19.6. The third-order valence-corrected chi connectivity index (χ3v) is 11.4. The van der Waals surface area contributed by atoms with E-state index in [2.05, 4.69) is 134 Å². The molecule has 0 saturated heterocycles. The summed E-state index contributed by atoms with van der Waals surface area (Å²) in [5.74, 6) is 1.66. The van der Waals surface area contributed by atoms with E-state index in [4.69, 9.17) is 15.0 Å². The first-order chi connectivity index (χ1) is 29.3. The first kappa shape index (κ1) is 35.7. The predicted octanol–water partition coefficient (Wildman–Crippen LogP) is 12.0. The molecule has 12 aromatic rings. The van der Waals surface area contributed by atoms with E-state index in [-0.39, 0.29) is 21.1 Å². The quantitative estimate of drug-likeness (QED) is 0.155. The maximum absolute atomic E-state index is 5.56. The topological polar surface area (TPSA) is 75.5 Å². The number of pyridine rings is 3. The summed E-state index contributed by atoms with van der Waals surface area (Å²) in [4.78, 5) is 24.0. The van der Waals surface area contributed by atoms with Gasteiger partial charge in [-0.3, -0.25) is 14.5 Å². The molecule has 60 heavy (non-hydrogen) atoms. The molecule has 0 bridgehead atoms. The molecule has 0 fully saturated rings. The second-order valence-corrected chi connectivity index (χ2v) is 14.7. The van der Waals surface area contributed by atoms with Gasteiger partial charge in [-0.05, 0) is 105 Å². The molecule has 12 rings (SSSR count). The maximum Gasteiger partial charge on any atom is 2.00 e. The zero-order valence-electron chi connectivity index (χ0n) is 31.8. The molecule has 0 radical (unpaired) electrons. The summed E-state index contributed by atoms with van der Waals surface area (Å²) >= 11 is 0. The fourth-order valence-electron chi connectivity index (χ4n) is 8.64.